The van der Waals surface area contributed by atoms with Gasteiger partial charge in [0.1, 0.15) is 12.6 Å². The molecule has 2 aromatic rings. The standard InChI is InChI=1S/C17H19NO2S/c1-13-7-9-15(10-8-13)21-12-16(18)17(19)20-11-14-5-3-2-4-6-14/h2-10,16H,11-12,18H2,1H3. The molecule has 0 saturated carbocycles. The summed E-state index contributed by atoms with van der Waals surface area (Å²) in [4.78, 5) is 12.9. The van der Waals surface area contributed by atoms with Crippen LogP contribution in [0.3, 0.4) is 0 Å². The molecule has 0 aliphatic heterocycles. The Kier molecular flexibility index (Phi) is 5.84. The SMILES string of the molecule is Cc1ccc(SCC(N)C(=O)OCc2ccccc2)cc1. The van der Waals surface area contributed by atoms with Crippen molar-refractivity contribution in [3.63, 3.8) is 0 Å². The average molecular weight is 301 g/mol. The van der Waals surface area contributed by atoms with Gasteiger partial charge in [0.05, 0.1) is 0 Å². The second-order valence-corrected chi connectivity index (χ2v) is 5.92. The van der Waals surface area contributed by atoms with Crippen LogP contribution >= 0.6 is 11.8 Å². The normalized spacial score (nSPS) is 11.9. The lowest BCUT2D eigenvalue weighted by Crippen LogP contribution is -2.34. The van der Waals surface area contributed by atoms with E-state index in [0.717, 1.165) is 10.5 Å². The maximum Gasteiger partial charge on any atom is 0.324 e. The maximum absolute atomic E-state index is 11.8. The van der Waals surface area contributed by atoms with Crippen molar-refractivity contribution in [2.45, 2.75) is 24.5 Å². The zero-order chi connectivity index (χ0) is 15.1. The molecule has 0 heterocycles. The minimum Gasteiger partial charge on any atom is -0.460 e. The molecule has 0 amide bonds. The monoisotopic (exact) mass is 301 g/mol. The Morgan fingerprint density at radius 2 is 1.81 bits per heavy atom. The van der Waals surface area contributed by atoms with Crippen molar-refractivity contribution < 1.29 is 9.53 Å². The van der Waals surface area contributed by atoms with E-state index >= 15 is 0 Å². The van der Waals surface area contributed by atoms with Gasteiger partial charge in [0.15, 0.2) is 0 Å². The third-order valence-corrected chi connectivity index (χ3v) is 4.11. The van der Waals surface area contributed by atoms with Crippen molar-refractivity contribution >= 4 is 17.7 Å². The van der Waals surface area contributed by atoms with Gasteiger partial charge in [-0.1, -0.05) is 48.0 Å². The number of hydrogen-bond donors (Lipinski definition) is 1. The van der Waals surface area contributed by atoms with Gasteiger partial charge in [-0.25, -0.2) is 0 Å². The Bertz CT molecular complexity index is 569. The van der Waals surface area contributed by atoms with E-state index in [4.69, 9.17) is 10.5 Å². The number of hydrogen-bond acceptors (Lipinski definition) is 4. The van der Waals surface area contributed by atoms with E-state index in [1.54, 1.807) is 11.8 Å². The zero-order valence-electron chi connectivity index (χ0n) is 12.0. The van der Waals surface area contributed by atoms with Crippen LogP contribution < -0.4 is 5.73 Å². The molecule has 2 rings (SSSR count). The van der Waals surface area contributed by atoms with E-state index in [9.17, 15) is 4.79 Å². The first-order valence-corrected chi connectivity index (χ1v) is 7.79. The quantitative estimate of drug-likeness (QED) is 0.658. The highest BCUT2D eigenvalue weighted by Crippen LogP contribution is 2.19. The molecule has 21 heavy (non-hydrogen) atoms. The van der Waals surface area contributed by atoms with Gasteiger partial charge in [-0.2, -0.15) is 0 Å². The Balaban J connectivity index is 1.76. The summed E-state index contributed by atoms with van der Waals surface area (Å²) in [5, 5.41) is 0. The number of carbonyl (C=O) groups is 1. The van der Waals surface area contributed by atoms with E-state index in [1.807, 2.05) is 61.5 Å². The smallest absolute Gasteiger partial charge is 0.324 e. The highest BCUT2D eigenvalue weighted by Gasteiger charge is 2.15. The number of benzene rings is 2. The number of ether oxygens (including phenoxy) is 1. The van der Waals surface area contributed by atoms with Gasteiger partial charge in [-0.3, -0.25) is 4.79 Å². The Morgan fingerprint density at radius 1 is 1.14 bits per heavy atom. The van der Waals surface area contributed by atoms with Crippen molar-refractivity contribution in [2.75, 3.05) is 5.75 Å². The van der Waals surface area contributed by atoms with E-state index < -0.39 is 6.04 Å². The van der Waals surface area contributed by atoms with E-state index in [0.29, 0.717) is 5.75 Å². The molecular formula is C17H19NO2S. The lowest BCUT2D eigenvalue weighted by atomic mass is 10.2. The summed E-state index contributed by atoms with van der Waals surface area (Å²) in [6, 6.07) is 17.1. The fourth-order valence-electron chi connectivity index (χ4n) is 1.72. The average Bonchev–Trinajstić information content (AvgIpc) is 2.52. The van der Waals surface area contributed by atoms with Gasteiger partial charge in [0.25, 0.3) is 0 Å². The van der Waals surface area contributed by atoms with Gasteiger partial charge < -0.3 is 10.5 Å². The van der Waals surface area contributed by atoms with Crippen molar-refractivity contribution in [1.82, 2.24) is 0 Å². The number of aryl methyl sites for hydroxylation is 1. The number of rotatable bonds is 6. The second kappa shape index (κ2) is 7.86. The Hall–Kier alpha value is -1.78. The second-order valence-electron chi connectivity index (χ2n) is 4.82. The Labute approximate surface area is 129 Å². The minimum atomic E-state index is -0.611. The van der Waals surface area contributed by atoms with Crippen LogP contribution in [0.15, 0.2) is 59.5 Å². The number of nitrogens with two attached hydrogens (primary N) is 1. The predicted octanol–water partition coefficient (Wildman–Crippen LogP) is 3.16. The molecule has 0 spiro atoms. The first-order valence-electron chi connectivity index (χ1n) is 6.81. The highest BCUT2D eigenvalue weighted by molar-refractivity contribution is 7.99. The van der Waals surface area contributed by atoms with Crippen molar-refractivity contribution in [3.05, 3.63) is 65.7 Å². The largest absolute Gasteiger partial charge is 0.460 e. The molecule has 2 N–H and O–H groups in total. The number of carbonyl (C=O) groups excluding carboxylic acids is 1. The third-order valence-electron chi connectivity index (χ3n) is 2.98. The third kappa shape index (κ3) is 5.25. The van der Waals surface area contributed by atoms with E-state index in [2.05, 4.69) is 0 Å². The van der Waals surface area contributed by atoms with Gasteiger partial charge in [0, 0.05) is 10.6 Å². The van der Waals surface area contributed by atoms with Crippen LogP contribution in [-0.4, -0.2) is 17.8 Å². The summed E-state index contributed by atoms with van der Waals surface area (Å²) < 4.78 is 5.22. The summed E-state index contributed by atoms with van der Waals surface area (Å²) in [6.45, 7) is 2.31. The summed E-state index contributed by atoms with van der Waals surface area (Å²) in [5.74, 6) is 0.148. The van der Waals surface area contributed by atoms with Gasteiger partial charge >= 0.3 is 5.97 Å². The molecule has 0 aliphatic rings. The van der Waals surface area contributed by atoms with Crippen molar-refractivity contribution in [3.8, 4) is 0 Å². The molecule has 1 unspecified atom stereocenters. The van der Waals surface area contributed by atoms with Crippen LogP contribution in [0.4, 0.5) is 0 Å². The van der Waals surface area contributed by atoms with Gasteiger partial charge in [0.2, 0.25) is 0 Å². The molecule has 0 saturated heterocycles. The summed E-state index contributed by atoms with van der Waals surface area (Å²) in [6.07, 6.45) is 0. The predicted molar refractivity (Wildman–Crippen MR) is 86.1 cm³/mol. The topological polar surface area (TPSA) is 52.3 Å². The van der Waals surface area contributed by atoms with Crippen LogP contribution in [0.25, 0.3) is 0 Å². The van der Waals surface area contributed by atoms with Crippen molar-refractivity contribution in [2.24, 2.45) is 5.73 Å². The molecule has 2 aromatic carbocycles. The molecule has 1 atom stereocenters. The van der Waals surface area contributed by atoms with Crippen LogP contribution in [0.5, 0.6) is 0 Å². The van der Waals surface area contributed by atoms with Crippen LogP contribution in [-0.2, 0) is 16.1 Å². The fourth-order valence-corrected chi connectivity index (χ4v) is 2.56. The molecule has 0 radical (unpaired) electrons. The molecule has 0 aromatic heterocycles. The summed E-state index contributed by atoms with van der Waals surface area (Å²) in [7, 11) is 0. The molecule has 3 nitrogen and oxygen atoms in total. The first-order chi connectivity index (χ1) is 10.1. The van der Waals surface area contributed by atoms with E-state index in [-0.39, 0.29) is 12.6 Å². The fraction of sp³-hybridized carbons (Fsp3) is 0.235. The first kappa shape index (κ1) is 15.6. The summed E-state index contributed by atoms with van der Waals surface area (Å²) >= 11 is 1.56. The van der Waals surface area contributed by atoms with E-state index in [1.165, 1.54) is 5.56 Å². The molecule has 0 bridgehead atoms. The highest BCUT2D eigenvalue weighted by atomic mass is 32.2. The maximum atomic E-state index is 11.8. The molecule has 0 aliphatic carbocycles. The zero-order valence-corrected chi connectivity index (χ0v) is 12.8. The number of thioether (sulfide) groups is 1. The molecule has 110 valence electrons. The molecule has 0 fully saturated rings. The van der Waals surface area contributed by atoms with Crippen LogP contribution in [0, 0.1) is 6.92 Å². The minimum absolute atomic E-state index is 0.266. The lowest BCUT2D eigenvalue weighted by molar-refractivity contribution is -0.145. The molecule has 4 heteroatoms. The van der Waals surface area contributed by atoms with Crippen LogP contribution in [0.2, 0.25) is 0 Å². The van der Waals surface area contributed by atoms with Crippen LogP contribution in [0.1, 0.15) is 11.1 Å². The van der Waals surface area contributed by atoms with Gasteiger partial charge in [-0.15, -0.1) is 11.8 Å². The van der Waals surface area contributed by atoms with Crippen molar-refractivity contribution in [1.29, 1.82) is 0 Å². The Morgan fingerprint density at radius 3 is 2.48 bits per heavy atom. The lowest BCUT2D eigenvalue weighted by Gasteiger charge is -2.11. The van der Waals surface area contributed by atoms with Gasteiger partial charge in [-0.05, 0) is 24.6 Å². The number of esters is 1. The summed E-state index contributed by atoms with van der Waals surface area (Å²) in [5.41, 5.74) is 8.04. The molecular weight excluding hydrogens is 282 g/mol.